The molecule has 0 saturated carbocycles. The Balaban J connectivity index is 0.00000289. The molecule has 1 N–H and O–H groups in total. The monoisotopic (exact) mass is 650 g/mol. The Kier molecular flexibility index (Phi) is 8.88. The smallest absolute Gasteiger partial charge is 0.312 e. The van der Waals surface area contributed by atoms with E-state index in [1.165, 1.54) is 12.8 Å². The number of benzene rings is 2. The number of carbonyl (C=O) groups is 1. The minimum absolute atomic E-state index is 0. The van der Waals surface area contributed by atoms with E-state index in [1.54, 1.807) is 12.1 Å². The molecule has 2 aromatic carbocycles. The second kappa shape index (κ2) is 11.0. The highest BCUT2D eigenvalue weighted by Crippen LogP contribution is 2.40. The summed E-state index contributed by atoms with van der Waals surface area (Å²) in [6.07, 6.45) is 5.19. The Bertz CT molecular complexity index is 994. The van der Waals surface area contributed by atoms with E-state index in [9.17, 15) is 4.79 Å². The highest BCUT2D eigenvalue weighted by Gasteiger charge is 2.36. The van der Waals surface area contributed by atoms with Crippen LogP contribution >= 0.6 is 39.1 Å². The lowest BCUT2D eigenvalue weighted by Crippen LogP contribution is -3.00. The van der Waals surface area contributed by atoms with E-state index < -0.39 is 0 Å². The number of halogens is 4. The van der Waals surface area contributed by atoms with Crippen LogP contribution in [0.1, 0.15) is 43.7 Å². The summed E-state index contributed by atoms with van der Waals surface area (Å²) in [5.41, 5.74) is 5.55. The van der Waals surface area contributed by atoms with Crippen molar-refractivity contribution in [3.8, 4) is 0 Å². The number of hydrogen-bond donors (Lipinski definition) is 1. The van der Waals surface area contributed by atoms with Crippen molar-refractivity contribution in [3.63, 3.8) is 0 Å². The van der Waals surface area contributed by atoms with Crippen LogP contribution in [0.15, 0.2) is 52.0 Å². The maximum atomic E-state index is 13.2. The third kappa shape index (κ3) is 5.97. The van der Waals surface area contributed by atoms with Gasteiger partial charge in [-0.15, -0.1) is 0 Å². The number of nitrogens with one attached hydrogen (secondary N) is 1. The van der Waals surface area contributed by atoms with Crippen LogP contribution in [-0.4, -0.2) is 36.3 Å². The molecule has 9 heteroatoms. The molecule has 1 atom stereocenters. The summed E-state index contributed by atoms with van der Waals surface area (Å²) >= 11 is 16.1. The maximum Gasteiger partial charge on any atom is 0.312 e. The first-order valence-electron chi connectivity index (χ1n) is 10.6. The summed E-state index contributed by atoms with van der Waals surface area (Å²) < 4.78 is 1.56. The number of hydrogen-bond acceptors (Lipinski definition) is 3. The van der Waals surface area contributed by atoms with Gasteiger partial charge in [-0.25, -0.2) is 4.59 Å². The number of rotatable bonds is 4. The summed E-state index contributed by atoms with van der Waals surface area (Å²) in [7, 11) is 2.10. The predicted octanol–water partition coefficient (Wildman–Crippen LogP) is 3.12. The normalized spacial score (nSPS) is 20.2. The molecule has 32 heavy (non-hydrogen) atoms. The van der Waals surface area contributed by atoms with Crippen LogP contribution in [0.3, 0.4) is 0 Å². The zero-order valence-electron chi connectivity index (χ0n) is 17.8. The molecule has 4 rings (SSSR count). The van der Waals surface area contributed by atoms with E-state index in [0.717, 1.165) is 41.7 Å². The third-order valence-electron chi connectivity index (χ3n) is 6.01. The van der Waals surface area contributed by atoms with Gasteiger partial charge in [0.2, 0.25) is 0 Å². The summed E-state index contributed by atoms with van der Waals surface area (Å²) in [5.74, 6) is -0.112. The number of quaternary nitrogens is 1. The van der Waals surface area contributed by atoms with Gasteiger partial charge in [-0.2, -0.15) is 10.5 Å². The number of amides is 1. The van der Waals surface area contributed by atoms with Crippen molar-refractivity contribution in [1.29, 1.82) is 0 Å². The minimum atomic E-state index is -0.123. The quantitative estimate of drug-likeness (QED) is 0.408. The van der Waals surface area contributed by atoms with Gasteiger partial charge < -0.3 is 24.0 Å². The summed E-state index contributed by atoms with van der Waals surface area (Å²) in [5, 5.41) is 7.65. The first-order valence-corrected chi connectivity index (χ1v) is 12.1. The van der Waals surface area contributed by atoms with E-state index in [4.69, 9.17) is 28.3 Å². The average molecular weight is 652 g/mol. The number of nitrogens with zero attached hydrogens (tertiary/aromatic N) is 3. The third-order valence-corrected chi connectivity index (χ3v) is 7.08. The van der Waals surface area contributed by atoms with Crippen molar-refractivity contribution >= 4 is 56.4 Å². The summed E-state index contributed by atoms with van der Waals surface area (Å²) in [6.45, 7) is 1.89. The van der Waals surface area contributed by atoms with Gasteiger partial charge >= 0.3 is 5.91 Å². The first kappa shape index (κ1) is 25.7. The number of hydrazone groups is 1. The fraction of sp³-hybridized carbons (Fsp3) is 0.391. The molecule has 2 heterocycles. The molecule has 2 aromatic rings. The molecule has 1 saturated heterocycles. The van der Waals surface area contributed by atoms with Gasteiger partial charge in [0.05, 0.1) is 23.8 Å². The molecule has 2 aliphatic heterocycles. The Hall–Kier alpha value is -0.870. The fourth-order valence-electron chi connectivity index (χ4n) is 4.29. The van der Waals surface area contributed by atoms with Crippen LogP contribution in [0.5, 0.6) is 0 Å². The van der Waals surface area contributed by atoms with Crippen LogP contribution in [-0.2, 0) is 4.79 Å². The largest absolute Gasteiger partial charge is 1.00 e. The zero-order chi connectivity index (χ0) is 22.0. The van der Waals surface area contributed by atoms with Gasteiger partial charge in [0.15, 0.2) is 0 Å². The molecule has 0 radical (unpaired) electrons. The van der Waals surface area contributed by atoms with Crippen molar-refractivity contribution < 1.29 is 33.4 Å². The van der Waals surface area contributed by atoms with Gasteiger partial charge in [-0.3, -0.25) is 9.80 Å². The van der Waals surface area contributed by atoms with E-state index in [-0.39, 0.29) is 35.9 Å². The molecule has 1 unspecified atom stereocenters. The SMILES string of the molecule is C[N+]1(NC(=O)C2=NN(c3ccc(Cl)cc3Cl)C(c3ccc(Br)cc3)C2)CCCCCC1.[I-]. The van der Waals surface area contributed by atoms with Crippen molar-refractivity contribution in [2.75, 3.05) is 25.1 Å². The molecular formula is C23H26BrCl2IN4O. The van der Waals surface area contributed by atoms with Crippen molar-refractivity contribution in [2.45, 2.75) is 38.1 Å². The average Bonchev–Trinajstić information content (AvgIpc) is 3.05. The van der Waals surface area contributed by atoms with E-state index in [1.807, 2.05) is 35.3 Å². The van der Waals surface area contributed by atoms with Crippen LogP contribution in [0.25, 0.3) is 0 Å². The minimum Gasteiger partial charge on any atom is -1.00 e. The Morgan fingerprint density at radius 1 is 1.09 bits per heavy atom. The number of anilines is 1. The van der Waals surface area contributed by atoms with Gasteiger partial charge in [0.1, 0.15) is 18.8 Å². The van der Waals surface area contributed by atoms with Gasteiger partial charge in [-0.05, 0) is 61.6 Å². The van der Waals surface area contributed by atoms with Gasteiger partial charge in [0.25, 0.3) is 0 Å². The second-order valence-electron chi connectivity index (χ2n) is 8.46. The highest BCUT2D eigenvalue weighted by molar-refractivity contribution is 9.10. The lowest BCUT2D eigenvalue weighted by Gasteiger charge is -2.32. The van der Waals surface area contributed by atoms with Crippen LogP contribution < -0.4 is 34.4 Å². The Morgan fingerprint density at radius 2 is 1.75 bits per heavy atom. The fourth-order valence-corrected chi connectivity index (χ4v) is 5.05. The Labute approximate surface area is 224 Å². The Morgan fingerprint density at radius 3 is 2.38 bits per heavy atom. The standard InChI is InChI=1S/C23H25BrCl2N4O.HI/c1-30(12-4-2-3-5-13-30)28-23(31)20-15-22(16-6-8-17(24)9-7-16)29(27-20)21-11-10-18(25)14-19(21)26;/h6-11,14,22H,2-5,12-13,15H2,1H3;1H. The van der Waals surface area contributed by atoms with Gasteiger partial charge in [0, 0.05) is 15.9 Å². The summed E-state index contributed by atoms with van der Waals surface area (Å²) in [6, 6.07) is 13.3. The molecular weight excluding hydrogens is 626 g/mol. The molecule has 172 valence electrons. The van der Waals surface area contributed by atoms with Crippen molar-refractivity contribution in [1.82, 2.24) is 5.43 Å². The predicted molar refractivity (Wildman–Crippen MR) is 130 cm³/mol. The highest BCUT2D eigenvalue weighted by atomic mass is 127. The van der Waals surface area contributed by atoms with Crippen molar-refractivity contribution in [3.05, 3.63) is 62.5 Å². The molecule has 1 amide bonds. The lowest BCUT2D eigenvalue weighted by molar-refractivity contribution is -0.942. The van der Waals surface area contributed by atoms with Crippen molar-refractivity contribution in [2.24, 2.45) is 5.10 Å². The molecule has 0 bridgehead atoms. The van der Waals surface area contributed by atoms with Crippen LogP contribution in [0, 0.1) is 0 Å². The first-order chi connectivity index (χ1) is 14.8. The molecule has 0 aromatic heterocycles. The molecule has 5 nitrogen and oxygen atoms in total. The van der Waals surface area contributed by atoms with E-state index in [0.29, 0.717) is 26.8 Å². The topological polar surface area (TPSA) is 44.7 Å². The molecule has 1 fully saturated rings. The molecule has 2 aliphatic rings. The number of carbonyl (C=O) groups excluding carboxylic acids is 1. The molecule has 0 spiro atoms. The van der Waals surface area contributed by atoms with Crippen LogP contribution in [0.2, 0.25) is 10.0 Å². The zero-order valence-corrected chi connectivity index (χ0v) is 23.1. The molecule has 0 aliphatic carbocycles. The van der Waals surface area contributed by atoms with E-state index in [2.05, 4.69) is 28.4 Å². The maximum absolute atomic E-state index is 13.2. The van der Waals surface area contributed by atoms with Gasteiger partial charge in [-0.1, -0.05) is 51.3 Å². The second-order valence-corrected chi connectivity index (χ2v) is 10.2. The summed E-state index contributed by atoms with van der Waals surface area (Å²) in [4.78, 5) is 13.2. The van der Waals surface area contributed by atoms with Crippen LogP contribution in [0.4, 0.5) is 5.69 Å². The van der Waals surface area contributed by atoms with E-state index >= 15 is 0 Å². The lowest BCUT2D eigenvalue weighted by atomic mass is 10.0. The number of likely N-dealkylation sites (tertiary alicyclic amines) is 1.